The molecule has 144 valence electrons. The van der Waals surface area contributed by atoms with Gasteiger partial charge in [-0.15, -0.1) is 0 Å². The summed E-state index contributed by atoms with van der Waals surface area (Å²) in [6.45, 7) is 11.7. The average Bonchev–Trinajstić information content (AvgIpc) is 2.73. The second-order valence-corrected chi connectivity index (χ2v) is 11.2. The van der Waals surface area contributed by atoms with E-state index in [0.29, 0.717) is 6.04 Å². The highest BCUT2D eigenvalue weighted by Crippen LogP contribution is 2.38. The minimum absolute atomic E-state index is 0.251. The first-order valence-electron chi connectivity index (χ1n) is 9.19. The summed E-state index contributed by atoms with van der Waals surface area (Å²) < 4.78 is 23.7. The lowest BCUT2D eigenvalue weighted by Crippen LogP contribution is -2.54. The molecule has 1 aliphatic heterocycles. The van der Waals surface area contributed by atoms with E-state index in [2.05, 4.69) is 0 Å². The van der Waals surface area contributed by atoms with Gasteiger partial charge in [-0.3, -0.25) is 4.79 Å². The SMILES string of the molecule is CO[Si](CCCB1OC(C)(C)C(C)(C)O1)(OC(C)=O)c1ccc(C)cc1. The van der Waals surface area contributed by atoms with Gasteiger partial charge in [-0.25, -0.2) is 0 Å². The molecule has 1 unspecified atom stereocenters. The van der Waals surface area contributed by atoms with Gasteiger partial charge < -0.3 is 18.2 Å². The summed E-state index contributed by atoms with van der Waals surface area (Å²) >= 11 is 0. The molecule has 1 aliphatic rings. The molecule has 1 fully saturated rings. The van der Waals surface area contributed by atoms with Crippen LogP contribution in [0.5, 0.6) is 0 Å². The summed E-state index contributed by atoms with van der Waals surface area (Å²) in [5, 5.41) is 0.967. The molecule has 26 heavy (non-hydrogen) atoms. The fourth-order valence-corrected chi connectivity index (χ4v) is 5.98. The zero-order valence-corrected chi connectivity index (χ0v) is 18.0. The molecule has 5 nitrogen and oxygen atoms in total. The second kappa shape index (κ2) is 7.84. The summed E-state index contributed by atoms with van der Waals surface area (Å²) in [6.07, 6.45) is 1.52. The van der Waals surface area contributed by atoms with Crippen molar-refractivity contribution < 1.29 is 23.0 Å². The maximum Gasteiger partial charge on any atom is 0.457 e. The molecule has 1 heterocycles. The topological polar surface area (TPSA) is 54.0 Å². The fraction of sp³-hybridized carbons (Fsp3) is 0.632. The molecule has 0 saturated carbocycles. The van der Waals surface area contributed by atoms with Crippen LogP contribution in [0.4, 0.5) is 0 Å². The summed E-state index contributed by atoms with van der Waals surface area (Å²) in [5.41, 5.74) is 0.494. The quantitative estimate of drug-likeness (QED) is 0.682. The predicted octanol–water partition coefficient (Wildman–Crippen LogP) is 3.34. The van der Waals surface area contributed by atoms with Gasteiger partial charge in [0.2, 0.25) is 0 Å². The molecule has 1 saturated heterocycles. The van der Waals surface area contributed by atoms with Crippen LogP contribution in [-0.4, -0.2) is 40.0 Å². The molecular weight excluding hydrogens is 347 g/mol. The van der Waals surface area contributed by atoms with Crippen LogP contribution in [0, 0.1) is 6.92 Å². The average molecular weight is 378 g/mol. The molecule has 0 amide bonds. The molecule has 0 bridgehead atoms. The Morgan fingerprint density at radius 2 is 1.65 bits per heavy atom. The predicted molar refractivity (Wildman–Crippen MR) is 106 cm³/mol. The van der Waals surface area contributed by atoms with E-state index in [1.165, 1.54) is 6.92 Å². The van der Waals surface area contributed by atoms with Crippen LogP contribution in [0.25, 0.3) is 0 Å². The Balaban J connectivity index is 2.08. The van der Waals surface area contributed by atoms with E-state index in [0.717, 1.165) is 23.5 Å². The van der Waals surface area contributed by atoms with Gasteiger partial charge in [0.05, 0.1) is 11.2 Å². The van der Waals surface area contributed by atoms with Crippen LogP contribution in [0.2, 0.25) is 12.4 Å². The van der Waals surface area contributed by atoms with Gasteiger partial charge in [-0.05, 0) is 40.9 Å². The highest BCUT2D eigenvalue weighted by atomic mass is 28.4. The molecule has 0 spiro atoms. The van der Waals surface area contributed by atoms with E-state index in [4.69, 9.17) is 18.2 Å². The van der Waals surface area contributed by atoms with Crippen molar-refractivity contribution in [3.63, 3.8) is 0 Å². The maximum atomic E-state index is 11.7. The third kappa shape index (κ3) is 4.57. The van der Waals surface area contributed by atoms with Crippen molar-refractivity contribution in [1.29, 1.82) is 0 Å². The second-order valence-electron chi connectivity index (χ2n) is 7.99. The molecule has 0 aromatic heterocycles. The van der Waals surface area contributed by atoms with Crippen LogP contribution in [0.15, 0.2) is 24.3 Å². The summed E-state index contributed by atoms with van der Waals surface area (Å²) in [4.78, 5) is 11.7. The smallest absolute Gasteiger partial charge is 0.457 e. The van der Waals surface area contributed by atoms with Crippen LogP contribution in [0.3, 0.4) is 0 Å². The molecular formula is C19H31BO5Si. The van der Waals surface area contributed by atoms with Crippen LogP contribution in [-0.2, 0) is 23.0 Å². The number of hydrogen-bond acceptors (Lipinski definition) is 5. The number of hydrogen-bond donors (Lipinski definition) is 0. The van der Waals surface area contributed by atoms with Gasteiger partial charge in [0.15, 0.2) is 0 Å². The number of carbonyl (C=O) groups excluding carboxylic acids is 1. The third-order valence-corrected chi connectivity index (χ3v) is 8.88. The third-order valence-electron chi connectivity index (χ3n) is 5.38. The van der Waals surface area contributed by atoms with Gasteiger partial charge in [0.25, 0.3) is 5.97 Å². The van der Waals surface area contributed by atoms with Gasteiger partial charge in [-0.2, -0.15) is 0 Å². The molecule has 1 aromatic rings. The number of rotatable bonds is 7. The largest absolute Gasteiger partial charge is 0.490 e. The summed E-state index contributed by atoms with van der Waals surface area (Å²) in [7, 11) is -1.46. The number of carbonyl (C=O) groups is 1. The first kappa shape index (κ1) is 21.2. The normalized spacial score (nSPS) is 20.7. The molecule has 2 rings (SSSR count). The zero-order chi connectivity index (χ0) is 19.6. The van der Waals surface area contributed by atoms with Crippen LogP contribution < -0.4 is 5.19 Å². The Labute approximate surface area is 158 Å². The lowest BCUT2D eigenvalue weighted by atomic mass is 9.83. The lowest BCUT2D eigenvalue weighted by molar-refractivity contribution is -0.133. The Bertz CT molecular complexity index is 615. The van der Waals surface area contributed by atoms with Crippen molar-refractivity contribution >= 4 is 26.8 Å². The highest BCUT2D eigenvalue weighted by molar-refractivity contribution is 6.82. The van der Waals surface area contributed by atoms with Crippen LogP contribution in [0.1, 0.15) is 46.6 Å². The van der Waals surface area contributed by atoms with E-state index in [1.807, 2.05) is 58.9 Å². The zero-order valence-electron chi connectivity index (χ0n) is 17.0. The van der Waals surface area contributed by atoms with E-state index in [1.54, 1.807) is 7.11 Å². The lowest BCUT2D eigenvalue weighted by Gasteiger charge is -2.32. The Morgan fingerprint density at radius 1 is 1.12 bits per heavy atom. The Kier molecular flexibility index (Phi) is 6.38. The van der Waals surface area contributed by atoms with Crippen molar-refractivity contribution in [2.45, 2.75) is 71.5 Å². The van der Waals surface area contributed by atoms with Gasteiger partial charge in [0, 0.05) is 25.3 Å². The van der Waals surface area contributed by atoms with E-state index >= 15 is 0 Å². The summed E-state index contributed by atoms with van der Waals surface area (Å²) in [5.74, 6) is -0.310. The molecule has 1 atom stereocenters. The van der Waals surface area contributed by atoms with Crippen molar-refractivity contribution in [2.24, 2.45) is 0 Å². The summed E-state index contributed by atoms with van der Waals surface area (Å²) in [6, 6.07) is 8.71. The van der Waals surface area contributed by atoms with Gasteiger partial charge in [0.1, 0.15) is 0 Å². The van der Waals surface area contributed by atoms with Crippen molar-refractivity contribution in [2.75, 3.05) is 7.11 Å². The molecule has 0 aliphatic carbocycles. The minimum Gasteiger partial charge on any atom is -0.490 e. The maximum absolute atomic E-state index is 11.7. The standard InChI is InChI=1S/C19H31BO5Si/c1-15-9-11-17(12-10-15)26(22-7,23-16(2)21)14-8-13-20-24-18(3,4)19(5,6)25-20/h9-12H,8,13-14H2,1-7H3. The van der Waals surface area contributed by atoms with E-state index in [-0.39, 0.29) is 24.3 Å². The Hall–Kier alpha value is -1.15. The minimum atomic E-state index is -2.84. The first-order valence-corrected chi connectivity index (χ1v) is 11.2. The van der Waals surface area contributed by atoms with Crippen molar-refractivity contribution in [3.8, 4) is 0 Å². The van der Waals surface area contributed by atoms with E-state index in [9.17, 15) is 4.79 Å². The Morgan fingerprint density at radius 3 is 2.12 bits per heavy atom. The monoisotopic (exact) mass is 378 g/mol. The van der Waals surface area contributed by atoms with Gasteiger partial charge >= 0.3 is 15.7 Å². The number of aryl methyl sites for hydroxylation is 1. The van der Waals surface area contributed by atoms with Crippen LogP contribution >= 0.6 is 0 Å². The first-order chi connectivity index (χ1) is 12.0. The van der Waals surface area contributed by atoms with Crippen molar-refractivity contribution in [3.05, 3.63) is 29.8 Å². The van der Waals surface area contributed by atoms with Gasteiger partial charge in [-0.1, -0.05) is 36.2 Å². The van der Waals surface area contributed by atoms with E-state index < -0.39 is 8.56 Å². The molecule has 7 heteroatoms. The number of benzene rings is 1. The highest BCUT2D eigenvalue weighted by Gasteiger charge is 2.51. The molecule has 0 radical (unpaired) electrons. The fourth-order valence-electron chi connectivity index (χ4n) is 3.14. The molecule has 1 aromatic carbocycles. The van der Waals surface area contributed by atoms with Crippen molar-refractivity contribution in [1.82, 2.24) is 0 Å². The molecule has 0 N–H and O–H groups in total.